The van der Waals surface area contributed by atoms with E-state index in [2.05, 4.69) is 27.8 Å². The van der Waals surface area contributed by atoms with Crippen LogP contribution in [-0.2, 0) is 9.53 Å². The van der Waals surface area contributed by atoms with Crippen LogP contribution in [0.3, 0.4) is 0 Å². The molecule has 0 spiro atoms. The van der Waals surface area contributed by atoms with Gasteiger partial charge < -0.3 is 19.9 Å². The number of hydrogen-bond donors (Lipinski definition) is 2. The molecule has 2 N–H and O–H groups in total. The third kappa shape index (κ3) is 3.70. The first-order valence-corrected chi connectivity index (χ1v) is 8.78. The molecule has 0 radical (unpaired) electrons. The lowest BCUT2D eigenvalue weighted by atomic mass is 9.94. The van der Waals surface area contributed by atoms with Gasteiger partial charge in [0.2, 0.25) is 0 Å². The normalized spacial score (nSPS) is 17.0. The number of ether oxygens (including phenoxy) is 2. The van der Waals surface area contributed by atoms with Crippen molar-refractivity contribution in [1.29, 1.82) is 0 Å². The summed E-state index contributed by atoms with van der Waals surface area (Å²) in [6, 6.07) is 2.13. The number of nitrogens with zero attached hydrogens (tertiary/aromatic N) is 1. The highest BCUT2D eigenvalue weighted by Gasteiger charge is 2.36. The number of hydrogen-bond acceptors (Lipinski definition) is 5. The zero-order valence-electron chi connectivity index (χ0n) is 14.8. The van der Waals surface area contributed by atoms with Gasteiger partial charge in [0.1, 0.15) is 6.61 Å². The molecule has 0 aliphatic carbocycles. The smallest absolute Gasteiger partial charge is 0.338 e. The SMILES string of the molecule is C=CCOC(=O)C1=C(C)N(CC)C(=O)NC1c1cc(Br)c(O)c(OC)c1. The Labute approximate surface area is 160 Å². The topological polar surface area (TPSA) is 88.1 Å². The van der Waals surface area contributed by atoms with Crippen LogP contribution in [0.5, 0.6) is 11.5 Å². The zero-order chi connectivity index (χ0) is 19.4. The van der Waals surface area contributed by atoms with Gasteiger partial charge in [-0.25, -0.2) is 9.59 Å². The molecular weight excluding hydrogens is 404 g/mol. The Morgan fingerprint density at radius 2 is 2.19 bits per heavy atom. The highest BCUT2D eigenvalue weighted by atomic mass is 79.9. The van der Waals surface area contributed by atoms with Crippen molar-refractivity contribution < 1.29 is 24.2 Å². The molecule has 0 saturated heterocycles. The van der Waals surface area contributed by atoms with Gasteiger partial charge in [-0.05, 0) is 47.5 Å². The van der Waals surface area contributed by atoms with Crippen LogP contribution in [0.1, 0.15) is 25.5 Å². The number of urea groups is 1. The molecule has 1 aromatic rings. The second-order valence-corrected chi connectivity index (χ2v) is 6.42. The van der Waals surface area contributed by atoms with Crippen molar-refractivity contribution in [2.45, 2.75) is 19.9 Å². The molecule has 0 fully saturated rings. The number of halogens is 1. The molecule has 26 heavy (non-hydrogen) atoms. The summed E-state index contributed by atoms with van der Waals surface area (Å²) in [6.07, 6.45) is 1.47. The standard InChI is InChI=1S/C18H21BrN2O5/c1-5-7-26-17(23)14-10(3)21(6-2)18(24)20-15(14)11-8-12(19)16(22)13(9-11)25-4/h5,8-9,15,22H,1,6-7H2,2-4H3,(H,20,24). The summed E-state index contributed by atoms with van der Waals surface area (Å²) >= 11 is 3.26. The zero-order valence-corrected chi connectivity index (χ0v) is 16.4. The largest absolute Gasteiger partial charge is 0.503 e. The fourth-order valence-corrected chi connectivity index (χ4v) is 3.26. The summed E-state index contributed by atoms with van der Waals surface area (Å²) in [4.78, 5) is 26.5. The number of methoxy groups -OCH3 is 1. The maximum Gasteiger partial charge on any atom is 0.338 e. The Kier molecular flexibility index (Phi) is 6.31. The average Bonchev–Trinajstić information content (AvgIpc) is 2.61. The second-order valence-electron chi connectivity index (χ2n) is 5.57. The summed E-state index contributed by atoms with van der Waals surface area (Å²) in [5.74, 6) is -0.392. The van der Waals surface area contributed by atoms with Gasteiger partial charge in [0.25, 0.3) is 0 Å². The Morgan fingerprint density at radius 3 is 2.77 bits per heavy atom. The van der Waals surface area contributed by atoms with Crippen LogP contribution in [0.25, 0.3) is 0 Å². The maximum absolute atomic E-state index is 12.6. The van der Waals surface area contributed by atoms with Crippen molar-refractivity contribution in [2.24, 2.45) is 0 Å². The van der Waals surface area contributed by atoms with Gasteiger partial charge in [0.05, 0.1) is 23.2 Å². The molecule has 2 amide bonds. The lowest BCUT2D eigenvalue weighted by molar-refractivity contribution is -0.138. The van der Waals surface area contributed by atoms with E-state index in [4.69, 9.17) is 9.47 Å². The molecule has 1 heterocycles. The van der Waals surface area contributed by atoms with E-state index in [9.17, 15) is 14.7 Å². The molecule has 7 nitrogen and oxygen atoms in total. The molecule has 140 valence electrons. The summed E-state index contributed by atoms with van der Waals surface area (Å²) in [5.41, 5.74) is 1.40. The molecule has 1 unspecified atom stereocenters. The number of carbonyl (C=O) groups is 2. The fraction of sp³-hybridized carbons (Fsp3) is 0.333. The van der Waals surface area contributed by atoms with Crippen molar-refractivity contribution >= 4 is 27.9 Å². The number of aromatic hydroxyl groups is 1. The van der Waals surface area contributed by atoms with Gasteiger partial charge >= 0.3 is 12.0 Å². The van der Waals surface area contributed by atoms with Gasteiger partial charge in [-0.1, -0.05) is 12.7 Å². The number of nitrogens with one attached hydrogen (secondary N) is 1. The highest BCUT2D eigenvalue weighted by molar-refractivity contribution is 9.10. The molecule has 0 aromatic heterocycles. The summed E-state index contributed by atoms with van der Waals surface area (Å²) in [7, 11) is 1.42. The molecule has 1 aromatic carbocycles. The fourth-order valence-electron chi connectivity index (χ4n) is 2.80. The average molecular weight is 425 g/mol. The van der Waals surface area contributed by atoms with E-state index < -0.39 is 12.0 Å². The Balaban J connectivity index is 2.59. The molecule has 0 saturated carbocycles. The minimum atomic E-state index is -0.742. The predicted molar refractivity (Wildman–Crippen MR) is 99.9 cm³/mol. The van der Waals surface area contributed by atoms with Crippen LogP contribution >= 0.6 is 15.9 Å². The number of phenolic OH excluding ortho intramolecular Hbond substituents is 1. The molecule has 8 heteroatoms. The lowest BCUT2D eigenvalue weighted by Gasteiger charge is -2.35. The van der Waals surface area contributed by atoms with E-state index in [1.165, 1.54) is 18.1 Å². The highest BCUT2D eigenvalue weighted by Crippen LogP contribution is 2.40. The van der Waals surface area contributed by atoms with Crippen LogP contribution in [0.2, 0.25) is 0 Å². The molecule has 2 rings (SSSR count). The van der Waals surface area contributed by atoms with Crippen molar-refractivity contribution in [3.63, 3.8) is 0 Å². The number of rotatable bonds is 6. The summed E-state index contributed by atoms with van der Waals surface area (Å²) in [5, 5.41) is 12.8. The minimum absolute atomic E-state index is 0.0605. The number of phenols is 1. The third-order valence-electron chi connectivity index (χ3n) is 4.07. The predicted octanol–water partition coefficient (Wildman–Crippen LogP) is 3.25. The Morgan fingerprint density at radius 1 is 1.50 bits per heavy atom. The van der Waals surface area contributed by atoms with Crippen molar-refractivity contribution in [1.82, 2.24) is 10.2 Å². The molecule has 1 atom stereocenters. The third-order valence-corrected chi connectivity index (χ3v) is 4.67. The summed E-state index contributed by atoms with van der Waals surface area (Å²) in [6.45, 7) is 7.52. The van der Waals surface area contributed by atoms with Crippen LogP contribution in [-0.4, -0.2) is 42.3 Å². The van der Waals surface area contributed by atoms with E-state index in [1.807, 2.05) is 6.92 Å². The summed E-state index contributed by atoms with van der Waals surface area (Å²) < 4.78 is 10.8. The van der Waals surface area contributed by atoms with E-state index in [0.29, 0.717) is 27.9 Å². The number of amides is 2. The first-order chi connectivity index (χ1) is 12.3. The van der Waals surface area contributed by atoms with E-state index in [1.54, 1.807) is 19.1 Å². The Bertz CT molecular complexity index is 775. The number of carbonyl (C=O) groups excluding carboxylic acids is 2. The molecule has 1 aliphatic heterocycles. The van der Waals surface area contributed by atoms with Gasteiger partial charge in [-0.2, -0.15) is 0 Å². The van der Waals surface area contributed by atoms with E-state index in [-0.39, 0.29) is 24.1 Å². The van der Waals surface area contributed by atoms with Crippen molar-refractivity contribution in [2.75, 3.05) is 20.3 Å². The Hall–Kier alpha value is -2.48. The van der Waals surface area contributed by atoms with Gasteiger partial charge in [-0.15, -0.1) is 0 Å². The van der Waals surface area contributed by atoms with Crippen molar-refractivity contribution in [3.8, 4) is 11.5 Å². The van der Waals surface area contributed by atoms with Crippen molar-refractivity contribution in [3.05, 3.63) is 46.1 Å². The monoisotopic (exact) mass is 424 g/mol. The van der Waals surface area contributed by atoms with Crippen LogP contribution in [0.4, 0.5) is 4.79 Å². The van der Waals surface area contributed by atoms with Crippen LogP contribution in [0.15, 0.2) is 40.5 Å². The number of allylic oxidation sites excluding steroid dienone is 1. The number of benzene rings is 1. The molecule has 1 aliphatic rings. The number of esters is 1. The first-order valence-electron chi connectivity index (χ1n) is 7.98. The molecule has 0 bridgehead atoms. The van der Waals surface area contributed by atoms with Gasteiger partial charge in [0, 0.05) is 12.2 Å². The van der Waals surface area contributed by atoms with Crippen LogP contribution < -0.4 is 10.1 Å². The second kappa shape index (κ2) is 8.27. The quantitative estimate of drug-likeness (QED) is 0.540. The van der Waals surface area contributed by atoms with Gasteiger partial charge in [0.15, 0.2) is 11.5 Å². The van der Waals surface area contributed by atoms with Gasteiger partial charge in [-0.3, -0.25) is 4.90 Å². The van der Waals surface area contributed by atoms with E-state index >= 15 is 0 Å². The minimum Gasteiger partial charge on any atom is -0.503 e. The van der Waals surface area contributed by atoms with Crippen LogP contribution in [0, 0.1) is 0 Å². The molecular formula is C18H21BrN2O5. The maximum atomic E-state index is 12.6. The lowest BCUT2D eigenvalue weighted by Crippen LogP contribution is -2.47. The first kappa shape index (κ1) is 19.8. The van der Waals surface area contributed by atoms with E-state index in [0.717, 1.165) is 0 Å².